The smallest absolute Gasteiger partial charge is 0.305 e. The Balaban J connectivity index is 1.99. The summed E-state index contributed by atoms with van der Waals surface area (Å²) in [5.74, 6) is 1.15. The average molecular weight is 264 g/mol. The monoisotopic (exact) mass is 264 g/mol. The molecule has 0 radical (unpaired) electrons. The van der Waals surface area contributed by atoms with Crippen molar-refractivity contribution in [2.45, 2.75) is 51.5 Å². The first kappa shape index (κ1) is 13.7. The third-order valence-electron chi connectivity index (χ3n) is 3.82. The summed E-state index contributed by atoms with van der Waals surface area (Å²) in [5, 5.41) is 13.9. The highest BCUT2D eigenvalue weighted by atomic mass is 16.6. The zero-order chi connectivity index (χ0) is 13.7. The van der Waals surface area contributed by atoms with Gasteiger partial charge in [-0.15, -0.1) is 0 Å². The van der Waals surface area contributed by atoms with Gasteiger partial charge in [0.2, 0.25) is 5.95 Å². The van der Waals surface area contributed by atoms with Crippen LogP contribution in [-0.2, 0) is 0 Å². The Morgan fingerprint density at radius 1 is 1.37 bits per heavy atom. The van der Waals surface area contributed by atoms with E-state index in [4.69, 9.17) is 0 Å². The van der Waals surface area contributed by atoms with Crippen molar-refractivity contribution >= 4 is 11.6 Å². The number of rotatable bonds is 5. The van der Waals surface area contributed by atoms with Crippen LogP contribution in [0.5, 0.6) is 0 Å². The van der Waals surface area contributed by atoms with Crippen LogP contribution in [0.3, 0.4) is 0 Å². The lowest BCUT2D eigenvalue weighted by molar-refractivity contribution is -0.385. The molecule has 1 unspecified atom stereocenters. The SMILES string of the molecule is CCC(Nc1ncc([N+](=O)[O-])cn1)C1CCCCC1. The van der Waals surface area contributed by atoms with E-state index in [0.29, 0.717) is 17.9 Å². The minimum atomic E-state index is -0.484. The number of aromatic nitrogens is 2. The van der Waals surface area contributed by atoms with Crippen molar-refractivity contribution < 1.29 is 4.92 Å². The topological polar surface area (TPSA) is 81.0 Å². The van der Waals surface area contributed by atoms with Gasteiger partial charge >= 0.3 is 5.69 Å². The van der Waals surface area contributed by atoms with Crippen LogP contribution in [0.25, 0.3) is 0 Å². The predicted octanol–water partition coefficient (Wildman–Crippen LogP) is 3.16. The van der Waals surface area contributed by atoms with Gasteiger partial charge in [-0.1, -0.05) is 26.2 Å². The van der Waals surface area contributed by atoms with Gasteiger partial charge in [0.15, 0.2) is 0 Å². The standard InChI is InChI=1S/C13H20N4O2/c1-2-12(10-6-4-3-5-7-10)16-13-14-8-11(9-15-13)17(18)19/h8-10,12H,2-7H2,1H3,(H,14,15,16). The molecule has 1 aromatic heterocycles. The molecule has 0 aromatic carbocycles. The number of hydrogen-bond acceptors (Lipinski definition) is 5. The lowest BCUT2D eigenvalue weighted by atomic mass is 9.83. The molecule has 104 valence electrons. The van der Waals surface area contributed by atoms with Crippen molar-refractivity contribution in [2.24, 2.45) is 5.92 Å². The summed E-state index contributed by atoms with van der Waals surface area (Å²) in [6.45, 7) is 2.15. The highest BCUT2D eigenvalue weighted by molar-refractivity contribution is 5.31. The van der Waals surface area contributed by atoms with E-state index in [1.807, 2.05) is 0 Å². The Kier molecular flexibility index (Phi) is 4.65. The minimum absolute atomic E-state index is 0.0729. The van der Waals surface area contributed by atoms with Crippen LogP contribution in [-0.4, -0.2) is 20.9 Å². The first-order valence-corrected chi connectivity index (χ1v) is 6.93. The molecule has 6 heteroatoms. The van der Waals surface area contributed by atoms with Crippen LogP contribution in [0.15, 0.2) is 12.4 Å². The fourth-order valence-corrected chi connectivity index (χ4v) is 2.75. The summed E-state index contributed by atoms with van der Waals surface area (Å²) in [5.41, 5.74) is -0.0729. The van der Waals surface area contributed by atoms with Gasteiger partial charge in [-0.3, -0.25) is 10.1 Å². The maximum atomic E-state index is 10.5. The highest BCUT2D eigenvalue weighted by Gasteiger charge is 2.22. The number of nitrogens with zero attached hydrogens (tertiary/aromatic N) is 3. The van der Waals surface area contributed by atoms with Gasteiger partial charge < -0.3 is 5.32 Å². The van der Waals surface area contributed by atoms with Crippen molar-refractivity contribution in [3.05, 3.63) is 22.5 Å². The third-order valence-corrected chi connectivity index (χ3v) is 3.82. The Morgan fingerprint density at radius 2 is 2.00 bits per heavy atom. The van der Waals surface area contributed by atoms with E-state index in [0.717, 1.165) is 6.42 Å². The van der Waals surface area contributed by atoms with E-state index in [9.17, 15) is 10.1 Å². The Morgan fingerprint density at radius 3 is 2.53 bits per heavy atom. The quantitative estimate of drug-likeness (QED) is 0.652. The third kappa shape index (κ3) is 3.62. The van der Waals surface area contributed by atoms with Crippen molar-refractivity contribution in [3.63, 3.8) is 0 Å². The molecule has 19 heavy (non-hydrogen) atoms. The van der Waals surface area contributed by atoms with E-state index in [2.05, 4.69) is 22.2 Å². The van der Waals surface area contributed by atoms with E-state index >= 15 is 0 Å². The second-order valence-electron chi connectivity index (χ2n) is 5.08. The van der Waals surface area contributed by atoms with Crippen molar-refractivity contribution in [1.82, 2.24) is 9.97 Å². The molecular formula is C13H20N4O2. The molecule has 1 aromatic rings. The average Bonchev–Trinajstić information content (AvgIpc) is 2.46. The van der Waals surface area contributed by atoms with Crippen LogP contribution in [0.4, 0.5) is 11.6 Å². The van der Waals surface area contributed by atoms with Crippen LogP contribution in [0.2, 0.25) is 0 Å². The van der Waals surface area contributed by atoms with E-state index in [-0.39, 0.29) is 5.69 Å². The van der Waals surface area contributed by atoms with Gasteiger partial charge in [0, 0.05) is 6.04 Å². The fraction of sp³-hybridized carbons (Fsp3) is 0.692. The maximum absolute atomic E-state index is 10.5. The molecule has 1 fully saturated rings. The normalized spacial score (nSPS) is 17.9. The minimum Gasteiger partial charge on any atom is -0.351 e. The Labute approximate surface area is 112 Å². The van der Waals surface area contributed by atoms with Gasteiger partial charge in [-0.05, 0) is 25.2 Å². The molecule has 0 bridgehead atoms. The van der Waals surface area contributed by atoms with Gasteiger partial charge in [-0.25, -0.2) is 9.97 Å². The van der Waals surface area contributed by atoms with Crippen LogP contribution < -0.4 is 5.32 Å². The first-order valence-electron chi connectivity index (χ1n) is 6.93. The molecule has 0 saturated heterocycles. The number of anilines is 1. The first-order chi connectivity index (χ1) is 9.20. The zero-order valence-corrected chi connectivity index (χ0v) is 11.2. The molecule has 1 aliphatic carbocycles. The molecule has 0 aliphatic heterocycles. The highest BCUT2D eigenvalue weighted by Crippen LogP contribution is 2.29. The number of nitro groups is 1. The van der Waals surface area contributed by atoms with Crippen LogP contribution in [0, 0.1) is 16.0 Å². The van der Waals surface area contributed by atoms with Gasteiger partial charge in [0.05, 0.1) is 4.92 Å². The predicted molar refractivity (Wildman–Crippen MR) is 73.0 cm³/mol. The molecule has 6 nitrogen and oxygen atoms in total. The van der Waals surface area contributed by atoms with Crippen molar-refractivity contribution in [3.8, 4) is 0 Å². The lowest BCUT2D eigenvalue weighted by Gasteiger charge is -2.30. The largest absolute Gasteiger partial charge is 0.351 e. The summed E-state index contributed by atoms with van der Waals surface area (Å²) in [6.07, 6.45) is 9.95. The summed E-state index contributed by atoms with van der Waals surface area (Å²) < 4.78 is 0. The van der Waals surface area contributed by atoms with Crippen molar-refractivity contribution in [2.75, 3.05) is 5.32 Å². The molecule has 0 spiro atoms. The Hall–Kier alpha value is -1.72. The number of hydrogen-bond donors (Lipinski definition) is 1. The molecule has 1 saturated carbocycles. The number of nitrogens with one attached hydrogen (secondary N) is 1. The van der Waals surface area contributed by atoms with Gasteiger partial charge in [-0.2, -0.15) is 0 Å². The molecule has 1 N–H and O–H groups in total. The van der Waals surface area contributed by atoms with Gasteiger partial charge in [0.1, 0.15) is 12.4 Å². The molecule has 1 heterocycles. The van der Waals surface area contributed by atoms with E-state index < -0.39 is 4.92 Å². The molecule has 1 atom stereocenters. The molecular weight excluding hydrogens is 244 g/mol. The molecule has 1 aliphatic rings. The molecule has 2 rings (SSSR count). The van der Waals surface area contributed by atoms with Crippen molar-refractivity contribution in [1.29, 1.82) is 0 Å². The van der Waals surface area contributed by atoms with Gasteiger partial charge in [0.25, 0.3) is 0 Å². The second kappa shape index (κ2) is 6.45. The lowest BCUT2D eigenvalue weighted by Crippen LogP contribution is -2.30. The fourth-order valence-electron chi connectivity index (χ4n) is 2.75. The van der Waals surface area contributed by atoms with E-state index in [1.54, 1.807) is 0 Å². The summed E-state index contributed by atoms with van der Waals surface area (Å²) in [6, 6.07) is 0.363. The second-order valence-corrected chi connectivity index (χ2v) is 5.08. The summed E-state index contributed by atoms with van der Waals surface area (Å²) >= 11 is 0. The van der Waals surface area contributed by atoms with Crippen LogP contribution in [0.1, 0.15) is 45.4 Å². The molecule has 0 amide bonds. The summed E-state index contributed by atoms with van der Waals surface area (Å²) in [7, 11) is 0. The van der Waals surface area contributed by atoms with E-state index in [1.165, 1.54) is 44.5 Å². The summed E-state index contributed by atoms with van der Waals surface area (Å²) in [4.78, 5) is 18.1. The zero-order valence-electron chi connectivity index (χ0n) is 11.2. The Bertz CT molecular complexity index is 415. The van der Waals surface area contributed by atoms with Crippen LogP contribution >= 0.6 is 0 Å². The maximum Gasteiger partial charge on any atom is 0.305 e.